The minimum atomic E-state index is -3.19. The van der Waals surface area contributed by atoms with Crippen LogP contribution in [0, 0.1) is 0 Å². The molecule has 122 heavy (non-hydrogen) atoms. The van der Waals surface area contributed by atoms with Gasteiger partial charge in [0.1, 0.15) is 96.7 Å². The minimum Gasteiger partial charge on any atom is -0.489 e. The molecule has 0 atom stereocenters. The molecule has 0 aromatic heterocycles. The Morgan fingerprint density at radius 3 is 0.861 bits per heavy atom. The number of halogens is 6. The van der Waals surface area contributed by atoms with Crippen molar-refractivity contribution in [2.75, 3.05) is 161 Å². The number of hydrogen-bond acceptors (Lipinski definition) is 24. The van der Waals surface area contributed by atoms with E-state index in [4.69, 9.17) is 45.0 Å². The summed E-state index contributed by atoms with van der Waals surface area (Å²) in [6.07, 6.45) is 5.56. The molecule has 4 aliphatic rings. The Morgan fingerprint density at radius 2 is 0.648 bits per heavy atom. The van der Waals surface area contributed by atoms with Crippen LogP contribution in [0.3, 0.4) is 0 Å². The van der Waals surface area contributed by atoms with Gasteiger partial charge in [0.2, 0.25) is 17.7 Å². The summed E-state index contributed by atoms with van der Waals surface area (Å²) in [7, 11) is -9.51. The molecule has 0 saturated heterocycles. The number of fused-ring (bicyclic) bond motifs is 4. The van der Waals surface area contributed by atoms with Crippen molar-refractivity contribution < 1.29 is 124 Å². The van der Waals surface area contributed by atoms with Crippen molar-refractivity contribution in [1.29, 1.82) is 0 Å². The number of carbonyl (C=O) groups is 10. The molecule has 0 bridgehead atoms. The number of carboxylic acids is 1. The normalized spacial score (nSPS) is 14.2. The van der Waals surface area contributed by atoms with Gasteiger partial charge < -0.3 is 91.2 Å². The summed E-state index contributed by atoms with van der Waals surface area (Å²) in [4.78, 5) is 126. The quantitative estimate of drug-likeness (QED) is 0.0279. The second-order valence-corrected chi connectivity index (χ2v) is 36.6. The molecule has 4 heterocycles. The molecule has 10 N–H and O–H groups in total. The van der Waals surface area contributed by atoms with Crippen LogP contribution in [0.1, 0.15) is 105 Å². The Morgan fingerprint density at radius 1 is 0.410 bits per heavy atom. The molecule has 0 fully saturated rings. The van der Waals surface area contributed by atoms with E-state index in [9.17, 15) is 90.8 Å². The van der Waals surface area contributed by atoms with Crippen LogP contribution in [0.25, 0.3) is 0 Å². The summed E-state index contributed by atoms with van der Waals surface area (Å²) in [5, 5.41) is 21.3. The number of carboxylic acid groups (broad SMARTS) is 1. The number of aliphatic carboxylic acids is 1. The molecule has 4 aromatic carbocycles. The molecular weight excluding hydrogens is 1710 g/mol. The Bertz CT molecular complexity index is 4690. The highest BCUT2D eigenvalue weighted by Gasteiger charge is 2.32. The molecule has 676 valence electrons. The van der Waals surface area contributed by atoms with Crippen molar-refractivity contribution in [2.45, 2.75) is 78.4 Å². The number of nitrogens with one attached hydrogen (secondary N) is 5. The van der Waals surface area contributed by atoms with Gasteiger partial charge in [-0.25, -0.2) is 52.4 Å². The zero-order valence-electron chi connectivity index (χ0n) is 69.0. The van der Waals surface area contributed by atoms with Gasteiger partial charge in [-0.3, -0.25) is 38.4 Å². The first-order valence-corrected chi connectivity index (χ1v) is 43.7. The Kier molecular flexibility index (Phi) is 43.4. The van der Waals surface area contributed by atoms with Gasteiger partial charge in [-0.05, 0) is 162 Å². The zero-order valence-corrected chi connectivity index (χ0v) is 73.1. The molecular formula is C79H107Cl2F4N11O23S3. The highest BCUT2D eigenvalue weighted by molar-refractivity contribution is 7.91. The third-order valence-electron chi connectivity index (χ3n) is 17.3. The summed E-state index contributed by atoms with van der Waals surface area (Å²) >= 11 is 0. The summed E-state index contributed by atoms with van der Waals surface area (Å²) in [6, 6.07) is 19.6. The molecule has 0 spiro atoms. The van der Waals surface area contributed by atoms with E-state index < -0.39 is 76.6 Å². The number of benzene rings is 4. The van der Waals surface area contributed by atoms with Gasteiger partial charge in [0.25, 0.3) is 23.6 Å². The Balaban J connectivity index is 0.000000420. The predicted octanol–water partition coefficient (Wildman–Crippen LogP) is 5.05. The van der Waals surface area contributed by atoms with Gasteiger partial charge >= 0.3 is 18.2 Å². The lowest BCUT2D eigenvalue weighted by Gasteiger charge is -2.28. The lowest BCUT2D eigenvalue weighted by atomic mass is 9.98. The Hall–Kier alpha value is -10.6. The van der Waals surface area contributed by atoms with Crippen LogP contribution in [-0.4, -0.2) is 281 Å². The number of nitrogens with zero attached hydrogens (tertiary/aromatic N) is 4. The molecule has 0 aliphatic carbocycles. The van der Waals surface area contributed by atoms with Crippen LogP contribution in [0.2, 0.25) is 0 Å². The van der Waals surface area contributed by atoms with E-state index in [1.54, 1.807) is 114 Å². The number of nitrogens with two attached hydrogens (primary N) is 2. The average Bonchev–Trinajstić information content (AvgIpc) is 0.815. The van der Waals surface area contributed by atoms with E-state index in [2.05, 4.69) is 26.6 Å². The highest BCUT2D eigenvalue weighted by atomic mass is 35.5. The maximum absolute atomic E-state index is 13.2. The Labute approximate surface area is 718 Å². The number of alkyl carbamates (subject to hydrolysis) is 2. The molecule has 0 saturated carbocycles. The molecule has 43 heteroatoms. The fraction of sp³-hybridized carbons (Fsp3) is 0.468. The summed E-state index contributed by atoms with van der Waals surface area (Å²) < 4.78 is 150. The van der Waals surface area contributed by atoms with E-state index in [1.807, 2.05) is 0 Å². The number of amides is 9. The zero-order chi connectivity index (χ0) is 89.3. The maximum Gasteiger partial charge on any atom is 0.407 e. The van der Waals surface area contributed by atoms with Crippen molar-refractivity contribution in [3.63, 3.8) is 0 Å². The first-order valence-electron chi connectivity index (χ1n) is 37.5. The molecule has 34 nitrogen and oxygen atoms in total. The van der Waals surface area contributed by atoms with Gasteiger partial charge in [0.05, 0.1) is 62.2 Å². The van der Waals surface area contributed by atoms with Gasteiger partial charge in [0.15, 0.2) is 0 Å². The van der Waals surface area contributed by atoms with Gasteiger partial charge in [-0.2, -0.15) is 0 Å². The maximum atomic E-state index is 13.2. The summed E-state index contributed by atoms with van der Waals surface area (Å²) in [5.74, 6) is -2.12. The van der Waals surface area contributed by atoms with Crippen molar-refractivity contribution in [3.05, 3.63) is 165 Å². The largest absolute Gasteiger partial charge is 0.489 e. The fourth-order valence-electron chi connectivity index (χ4n) is 11.2. The summed E-state index contributed by atoms with van der Waals surface area (Å²) in [6.45, 7) is 10.7. The van der Waals surface area contributed by atoms with Crippen LogP contribution in [-0.2, 0) is 83.8 Å². The van der Waals surface area contributed by atoms with E-state index in [0.29, 0.717) is 134 Å². The number of rotatable bonds is 35. The monoisotopic (exact) mass is 1820 g/mol. The van der Waals surface area contributed by atoms with Crippen molar-refractivity contribution in [2.24, 2.45) is 11.5 Å². The second kappa shape index (κ2) is 50.1. The van der Waals surface area contributed by atoms with E-state index >= 15 is 0 Å². The molecule has 0 unspecified atom stereocenters. The lowest BCUT2D eigenvalue weighted by Crippen LogP contribution is -2.44. The highest BCUT2D eigenvalue weighted by Crippen LogP contribution is 2.29. The van der Waals surface area contributed by atoms with E-state index in [0.717, 1.165) is 41.0 Å². The summed E-state index contributed by atoms with van der Waals surface area (Å²) in [5.41, 5.74) is 15.3. The number of ether oxygens (including phenoxy) is 6. The second-order valence-electron chi connectivity index (χ2n) is 29.9. The first kappa shape index (κ1) is 106. The smallest absolute Gasteiger partial charge is 0.407 e. The van der Waals surface area contributed by atoms with Crippen molar-refractivity contribution >= 4 is 114 Å². The van der Waals surface area contributed by atoms with Gasteiger partial charge in [-0.15, -0.1) is 24.8 Å². The number of hydrogen-bond donors (Lipinski definition) is 8. The third-order valence-corrected chi connectivity index (χ3v) is 20.1. The average molecular weight is 1820 g/mol. The van der Waals surface area contributed by atoms with Crippen molar-refractivity contribution in [3.8, 4) is 23.0 Å². The topological polar surface area (TPSA) is 474 Å². The van der Waals surface area contributed by atoms with Crippen molar-refractivity contribution in [1.82, 2.24) is 46.2 Å². The standard InChI is InChI=1S/C23H32FN3O7S.C20H25FN2O6.2C18H24FN3O5S.2ClH/c1-23(2,3)34-22(30)26-13-16(12-24)15-33-18-5-6-19-17(11-18)7-9-27(21(19)29)14-20(28)25-8-10-35(4,31)32;1-20(2,3)29-19(27)22-10-13(9-21)12-28-15-4-5-16-14(8-15)6-7-23(18(16)26)11-17(24)25;2*1-28(25,26)7-5-21-17(23)11-22-6-4-14-8-15(2-3-16(14)18(22)24)27-12-13(9-19)10-20;;/h5-6,11-12H,7-10,13-15H2,1-4H3,(H,25,28)(H,26,30);4-5,8-9H,6-7,10-12H2,1-3H3,(H,22,27)(H,24,25);2*2-3,8-9H,4-7,10-12,20H2,1H3,(H,21,23);2*1H/b16-12+;3*13-9+;;. The number of sulfone groups is 3. The van der Waals surface area contributed by atoms with Crippen LogP contribution in [0.4, 0.5) is 27.2 Å². The van der Waals surface area contributed by atoms with Gasteiger partial charge in [0, 0.05) is 135 Å². The van der Waals surface area contributed by atoms with Crippen LogP contribution in [0.15, 0.2) is 120 Å². The molecule has 8 rings (SSSR count). The lowest BCUT2D eigenvalue weighted by molar-refractivity contribution is -0.137. The fourth-order valence-corrected chi connectivity index (χ4v) is 12.6. The van der Waals surface area contributed by atoms with E-state index in [1.165, 1.54) is 19.6 Å². The minimum absolute atomic E-state index is 0. The van der Waals surface area contributed by atoms with Gasteiger partial charge in [-0.1, -0.05) is 0 Å². The first-order chi connectivity index (χ1) is 56.3. The van der Waals surface area contributed by atoms with Crippen LogP contribution in [0.5, 0.6) is 23.0 Å². The van der Waals surface area contributed by atoms with Crippen LogP contribution >= 0.6 is 24.8 Å². The third kappa shape index (κ3) is 38.6. The molecule has 4 aromatic rings. The van der Waals surface area contributed by atoms with E-state index in [-0.39, 0.29) is 175 Å². The predicted molar refractivity (Wildman–Crippen MR) is 450 cm³/mol. The number of carbonyl (C=O) groups excluding carboxylic acids is 9. The molecule has 4 aliphatic heterocycles. The molecule has 9 amide bonds. The molecule has 0 radical (unpaired) electrons. The van der Waals surface area contributed by atoms with Crippen LogP contribution < -0.4 is 57.0 Å². The SMILES string of the molecule is CC(C)(C)OC(=O)NC/C(=C\F)COc1ccc2c(c1)CCN(CC(=O)NCCS(C)(=O)=O)C2=O.CC(C)(C)OC(=O)NC/C(=C\F)COc1ccc2c(c1)CCN(CC(=O)O)C2=O.CS(=O)(=O)CCNC(=O)CN1CCc2cc(OC/C(=C/F)CN)ccc2C1=O.CS(=O)(=O)CCNC(=O)CN1CCc2cc(OC/C(=C/F)CN)ccc2C1=O.Cl.Cl.